The normalized spacial score (nSPS) is 16.9. The van der Waals surface area contributed by atoms with E-state index in [1.54, 1.807) is 12.1 Å². The highest BCUT2D eigenvalue weighted by Gasteiger charge is 2.30. The van der Waals surface area contributed by atoms with Crippen LogP contribution in [-0.2, 0) is 11.3 Å². The van der Waals surface area contributed by atoms with Gasteiger partial charge in [-0.2, -0.15) is 0 Å². The Balaban J connectivity index is 1.61. The van der Waals surface area contributed by atoms with Crippen LogP contribution in [0.2, 0.25) is 5.02 Å². The number of nitrogens with one attached hydrogen (secondary N) is 1. The zero-order valence-electron chi connectivity index (χ0n) is 13.7. The van der Waals surface area contributed by atoms with E-state index in [4.69, 9.17) is 21.1 Å². The first-order valence-corrected chi connectivity index (χ1v) is 8.29. The molecule has 1 saturated heterocycles. The molecule has 3 rings (SSSR count). The minimum Gasteiger partial charge on any atom is -0.481 e. The van der Waals surface area contributed by atoms with Crippen LogP contribution in [0.15, 0.2) is 28.7 Å². The fourth-order valence-corrected chi connectivity index (χ4v) is 2.93. The number of hydrogen-bond acceptors (Lipinski definition) is 4. The minimum absolute atomic E-state index is 0.140. The van der Waals surface area contributed by atoms with Crippen molar-refractivity contribution in [2.75, 3.05) is 13.1 Å². The zero-order valence-corrected chi connectivity index (χ0v) is 14.4. The minimum atomic E-state index is -0.869. The van der Waals surface area contributed by atoms with Crippen LogP contribution >= 0.6 is 11.6 Å². The van der Waals surface area contributed by atoms with Gasteiger partial charge in [0.1, 0.15) is 0 Å². The highest BCUT2D eigenvalue weighted by molar-refractivity contribution is 6.30. The average molecular weight is 364 g/mol. The number of carboxylic acids is 1. The maximum atomic E-state index is 12.1. The summed E-state index contributed by atoms with van der Waals surface area (Å²) in [6.45, 7) is 2.63. The van der Waals surface area contributed by atoms with Gasteiger partial charge in [-0.25, -0.2) is 9.78 Å². The monoisotopic (exact) mass is 363 g/mol. The van der Waals surface area contributed by atoms with Crippen LogP contribution in [0.25, 0.3) is 11.3 Å². The molecule has 0 saturated carbocycles. The smallest absolute Gasteiger partial charge is 0.317 e. The lowest BCUT2D eigenvalue weighted by atomic mass is 10.1. The van der Waals surface area contributed by atoms with Gasteiger partial charge >= 0.3 is 12.0 Å². The van der Waals surface area contributed by atoms with Crippen LogP contribution in [0.3, 0.4) is 0 Å². The molecule has 1 aliphatic heterocycles. The summed E-state index contributed by atoms with van der Waals surface area (Å²) in [6, 6.07) is 6.91. The number of rotatable bonds is 4. The second kappa shape index (κ2) is 7.14. The number of likely N-dealkylation sites (tertiary alicyclic amines) is 1. The number of halogens is 1. The molecule has 0 aliphatic carbocycles. The number of amides is 2. The highest BCUT2D eigenvalue weighted by Crippen LogP contribution is 2.26. The zero-order chi connectivity index (χ0) is 18.0. The Bertz CT molecular complexity index is 788. The molecule has 1 fully saturated rings. The molecule has 7 nitrogen and oxygen atoms in total. The van der Waals surface area contributed by atoms with Gasteiger partial charge < -0.3 is 19.7 Å². The molecule has 25 heavy (non-hydrogen) atoms. The number of carbonyl (C=O) groups excluding carboxylic acids is 1. The third kappa shape index (κ3) is 3.93. The van der Waals surface area contributed by atoms with Gasteiger partial charge in [-0.15, -0.1) is 0 Å². The summed E-state index contributed by atoms with van der Waals surface area (Å²) in [6.07, 6.45) is 0.474. The number of carboxylic acid groups (broad SMARTS) is 1. The Labute approximate surface area is 149 Å². The fourth-order valence-electron chi connectivity index (χ4n) is 2.81. The Morgan fingerprint density at radius 3 is 2.76 bits per heavy atom. The summed E-state index contributed by atoms with van der Waals surface area (Å²) in [5.41, 5.74) is 1.58. The first-order chi connectivity index (χ1) is 11.9. The Hall–Kier alpha value is -2.54. The Kier molecular flexibility index (Phi) is 4.94. The first-order valence-electron chi connectivity index (χ1n) is 7.92. The van der Waals surface area contributed by atoms with Gasteiger partial charge in [0.2, 0.25) is 5.89 Å². The molecule has 1 unspecified atom stereocenters. The van der Waals surface area contributed by atoms with Crippen molar-refractivity contribution in [3.63, 3.8) is 0 Å². The Morgan fingerprint density at radius 2 is 2.12 bits per heavy atom. The summed E-state index contributed by atoms with van der Waals surface area (Å²) in [5.74, 6) is -0.338. The van der Waals surface area contributed by atoms with E-state index in [9.17, 15) is 9.59 Å². The van der Waals surface area contributed by atoms with E-state index in [2.05, 4.69) is 10.3 Å². The van der Waals surface area contributed by atoms with E-state index >= 15 is 0 Å². The predicted molar refractivity (Wildman–Crippen MR) is 91.2 cm³/mol. The number of aliphatic carboxylic acids is 1. The van der Waals surface area contributed by atoms with Gasteiger partial charge in [0.25, 0.3) is 0 Å². The third-order valence-electron chi connectivity index (χ3n) is 4.16. The van der Waals surface area contributed by atoms with Crippen LogP contribution in [0, 0.1) is 12.8 Å². The molecule has 8 heteroatoms. The maximum absolute atomic E-state index is 12.1. The van der Waals surface area contributed by atoms with E-state index in [-0.39, 0.29) is 19.1 Å². The summed E-state index contributed by atoms with van der Waals surface area (Å²) in [7, 11) is 0. The van der Waals surface area contributed by atoms with E-state index < -0.39 is 11.9 Å². The summed E-state index contributed by atoms with van der Waals surface area (Å²) < 4.78 is 5.73. The van der Waals surface area contributed by atoms with E-state index in [0.29, 0.717) is 29.6 Å². The molecule has 2 amide bonds. The third-order valence-corrected chi connectivity index (χ3v) is 4.41. The molecule has 2 N–H and O–H groups in total. The average Bonchev–Trinajstić information content (AvgIpc) is 3.20. The molecule has 2 heterocycles. The largest absolute Gasteiger partial charge is 0.481 e. The molecular formula is C17H18ClN3O4. The molecule has 1 aliphatic rings. The number of urea groups is 1. The second-order valence-corrected chi connectivity index (χ2v) is 6.39. The van der Waals surface area contributed by atoms with Crippen molar-refractivity contribution in [3.05, 3.63) is 40.9 Å². The molecular weight excluding hydrogens is 346 g/mol. The van der Waals surface area contributed by atoms with Crippen LogP contribution in [-0.4, -0.2) is 40.1 Å². The van der Waals surface area contributed by atoms with Crippen molar-refractivity contribution in [2.24, 2.45) is 5.92 Å². The number of oxazole rings is 1. The molecule has 2 aromatic rings. The second-order valence-electron chi connectivity index (χ2n) is 5.96. The number of aryl methyl sites for hydroxylation is 1. The van der Waals surface area contributed by atoms with Crippen molar-refractivity contribution in [1.82, 2.24) is 15.2 Å². The predicted octanol–water partition coefficient (Wildman–Crippen LogP) is 2.92. The molecule has 0 radical (unpaired) electrons. The van der Waals surface area contributed by atoms with Crippen LogP contribution in [0.5, 0.6) is 0 Å². The molecule has 0 spiro atoms. The standard InChI is InChI=1S/C17H18ClN3O4/c1-10-15(11-2-4-13(18)5-3-11)25-14(20-10)8-19-17(24)21-7-6-12(9-21)16(22)23/h2-5,12H,6-9H2,1H3,(H,19,24)(H,22,23). The molecule has 132 valence electrons. The lowest BCUT2D eigenvalue weighted by Gasteiger charge is -2.15. The number of aromatic nitrogens is 1. The summed E-state index contributed by atoms with van der Waals surface area (Å²) >= 11 is 5.89. The van der Waals surface area contributed by atoms with Crippen molar-refractivity contribution in [1.29, 1.82) is 0 Å². The molecule has 1 aromatic carbocycles. The Morgan fingerprint density at radius 1 is 1.40 bits per heavy atom. The molecule has 0 bridgehead atoms. The highest BCUT2D eigenvalue weighted by atomic mass is 35.5. The van der Waals surface area contributed by atoms with Gasteiger partial charge in [0.05, 0.1) is 18.2 Å². The van der Waals surface area contributed by atoms with Crippen LogP contribution < -0.4 is 5.32 Å². The van der Waals surface area contributed by atoms with Gasteiger partial charge in [0, 0.05) is 23.7 Å². The van der Waals surface area contributed by atoms with Crippen LogP contribution in [0.1, 0.15) is 18.0 Å². The number of carbonyl (C=O) groups is 2. The van der Waals surface area contributed by atoms with Gasteiger partial charge in [-0.05, 0) is 37.6 Å². The van der Waals surface area contributed by atoms with E-state index in [0.717, 1.165) is 11.3 Å². The number of nitrogens with zero attached hydrogens (tertiary/aromatic N) is 2. The summed E-state index contributed by atoms with van der Waals surface area (Å²) in [4.78, 5) is 28.9. The van der Waals surface area contributed by atoms with Crippen LogP contribution in [0.4, 0.5) is 4.79 Å². The fraction of sp³-hybridized carbons (Fsp3) is 0.353. The molecule has 1 atom stereocenters. The maximum Gasteiger partial charge on any atom is 0.317 e. The van der Waals surface area contributed by atoms with Gasteiger partial charge in [-0.3, -0.25) is 4.79 Å². The topological polar surface area (TPSA) is 95.7 Å². The lowest BCUT2D eigenvalue weighted by molar-refractivity contribution is -0.141. The van der Waals surface area contributed by atoms with Crippen molar-refractivity contribution in [3.8, 4) is 11.3 Å². The lowest BCUT2D eigenvalue weighted by Crippen LogP contribution is -2.38. The van der Waals surface area contributed by atoms with Crippen molar-refractivity contribution >= 4 is 23.6 Å². The summed E-state index contributed by atoms with van der Waals surface area (Å²) in [5, 5.41) is 12.3. The van der Waals surface area contributed by atoms with E-state index in [1.165, 1.54) is 4.90 Å². The SMILES string of the molecule is Cc1nc(CNC(=O)N2CCC(C(=O)O)C2)oc1-c1ccc(Cl)cc1. The number of benzene rings is 1. The first kappa shape index (κ1) is 17.3. The van der Waals surface area contributed by atoms with Crippen molar-refractivity contribution < 1.29 is 19.1 Å². The molecule has 1 aromatic heterocycles. The van der Waals surface area contributed by atoms with Gasteiger partial charge in [0.15, 0.2) is 5.76 Å². The quantitative estimate of drug-likeness (QED) is 0.870. The van der Waals surface area contributed by atoms with E-state index in [1.807, 2.05) is 19.1 Å². The van der Waals surface area contributed by atoms with Crippen molar-refractivity contribution in [2.45, 2.75) is 19.9 Å². The van der Waals surface area contributed by atoms with Gasteiger partial charge in [-0.1, -0.05) is 11.6 Å². The number of hydrogen-bond donors (Lipinski definition) is 2.